The largest absolute Gasteiger partial charge is 0.393 e. The number of nitrogens with zero attached hydrogens (tertiary/aromatic N) is 2. The van der Waals surface area contributed by atoms with E-state index in [4.69, 9.17) is 0 Å². The Kier molecular flexibility index (Phi) is 6.09. The van der Waals surface area contributed by atoms with Crippen molar-refractivity contribution in [3.63, 3.8) is 0 Å². The zero-order valence-corrected chi connectivity index (χ0v) is 12.9. The highest BCUT2D eigenvalue weighted by molar-refractivity contribution is 4.78. The molecule has 1 aliphatic rings. The van der Waals surface area contributed by atoms with Gasteiger partial charge in [0.05, 0.1) is 6.10 Å². The van der Waals surface area contributed by atoms with Crippen LogP contribution in [0, 0.1) is 5.41 Å². The molecule has 0 radical (unpaired) electrons. The van der Waals surface area contributed by atoms with Gasteiger partial charge < -0.3 is 10.0 Å². The monoisotopic (exact) mass is 256 g/mol. The summed E-state index contributed by atoms with van der Waals surface area (Å²) in [6.45, 7) is 16.6. The van der Waals surface area contributed by atoms with E-state index >= 15 is 0 Å². The van der Waals surface area contributed by atoms with E-state index in [0.717, 1.165) is 26.1 Å². The van der Waals surface area contributed by atoms with Crippen LogP contribution >= 0.6 is 0 Å². The molecule has 0 saturated carbocycles. The van der Waals surface area contributed by atoms with Gasteiger partial charge in [0.25, 0.3) is 0 Å². The minimum absolute atomic E-state index is 0.0124. The molecule has 1 rings (SSSR count). The van der Waals surface area contributed by atoms with Crippen LogP contribution in [0.5, 0.6) is 0 Å². The van der Waals surface area contributed by atoms with Crippen LogP contribution in [0.3, 0.4) is 0 Å². The van der Waals surface area contributed by atoms with Gasteiger partial charge in [0.15, 0.2) is 0 Å². The van der Waals surface area contributed by atoms with Gasteiger partial charge in [-0.15, -0.1) is 0 Å². The van der Waals surface area contributed by atoms with Crippen LogP contribution < -0.4 is 0 Å². The molecule has 2 unspecified atom stereocenters. The number of aliphatic hydroxyl groups is 1. The highest BCUT2D eigenvalue weighted by Gasteiger charge is 2.24. The summed E-state index contributed by atoms with van der Waals surface area (Å²) in [5, 5.41) is 10.1. The molecule has 0 bridgehead atoms. The molecular weight excluding hydrogens is 224 g/mol. The maximum Gasteiger partial charge on any atom is 0.0600 e. The quantitative estimate of drug-likeness (QED) is 0.817. The molecule has 0 aromatic carbocycles. The SMILES string of the molecule is CCC(C)N1CCN(CCC(O)C(C)(C)C)CC1. The molecule has 2 atom stereocenters. The van der Waals surface area contributed by atoms with Crippen molar-refractivity contribution in [3.05, 3.63) is 0 Å². The fraction of sp³-hybridized carbons (Fsp3) is 1.00. The van der Waals surface area contributed by atoms with E-state index in [9.17, 15) is 5.11 Å². The molecule has 0 spiro atoms. The van der Waals surface area contributed by atoms with Gasteiger partial charge in [0, 0.05) is 38.8 Å². The standard InChI is InChI=1S/C15H32N2O/c1-6-13(2)17-11-9-16(10-12-17)8-7-14(18)15(3,4)5/h13-14,18H,6-12H2,1-5H3. The van der Waals surface area contributed by atoms with Crippen LogP contribution in [0.2, 0.25) is 0 Å². The predicted octanol–water partition coefficient (Wildman–Crippen LogP) is 2.20. The lowest BCUT2D eigenvalue weighted by Crippen LogP contribution is -2.50. The molecule has 3 heteroatoms. The molecule has 0 amide bonds. The first-order chi connectivity index (χ1) is 8.34. The van der Waals surface area contributed by atoms with Gasteiger partial charge in [-0.25, -0.2) is 0 Å². The van der Waals surface area contributed by atoms with Crippen LogP contribution in [-0.4, -0.2) is 59.8 Å². The second-order valence-electron chi connectivity index (χ2n) is 6.81. The second kappa shape index (κ2) is 6.88. The van der Waals surface area contributed by atoms with Crippen molar-refractivity contribution < 1.29 is 5.11 Å². The molecule has 0 aliphatic carbocycles. The predicted molar refractivity (Wildman–Crippen MR) is 77.8 cm³/mol. The van der Waals surface area contributed by atoms with E-state index in [-0.39, 0.29) is 11.5 Å². The molecule has 1 N–H and O–H groups in total. The normalized spacial score (nSPS) is 23.0. The van der Waals surface area contributed by atoms with Crippen molar-refractivity contribution in [2.24, 2.45) is 5.41 Å². The Bertz CT molecular complexity index is 229. The molecule has 1 fully saturated rings. The van der Waals surface area contributed by atoms with Crippen LogP contribution in [0.25, 0.3) is 0 Å². The molecule has 1 heterocycles. The average molecular weight is 256 g/mol. The first-order valence-corrected chi connectivity index (χ1v) is 7.49. The van der Waals surface area contributed by atoms with E-state index in [2.05, 4.69) is 44.4 Å². The zero-order valence-electron chi connectivity index (χ0n) is 12.9. The first-order valence-electron chi connectivity index (χ1n) is 7.49. The van der Waals surface area contributed by atoms with Crippen molar-refractivity contribution in [1.82, 2.24) is 9.80 Å². The smallest absolute Gasteiger partial charge is 0.0600 e. The summed E-state index contributed by atoms with van der Waals surface area (Å²) in [6, 6.07) is 0.715. The Hall–Kier alpha value is -0.120. The highest BCUT2D eigenvalue weighted by atomic mass is 16.3. The summed E-state index contributed by atoms with van der Waals surface area (Å²) >= 11 is 0. The van der Waals surface area contributed by atoms with Crippen LogP contribution in [0.4, 0.5) is 0 Å². The first kappa shape index (κ1) is 15.9. The Labute approximate surface area is 113 Å². The third-order valence-corrected chi connectivity index (χ3v) is 4.34. The lowest BCUT2D eigenvalue weighted by atomic mass is 9.87. The van der Waals surface area contributed by atoms with Crippen molar-refractivity contribution in [2.45, 2.75) is 59.6 Å². The number of rotatable bonds is 5. The molecule has 18 heavy (non-hydrogen) atoms. The Morgan fingerprint density at radius 2 is 1.67 bits per heavy atom. The average Bonchev–Trinajstić information content (AvgIpc) is 2.34. The fourth-order valence-corrected chi connectivity index (χ4v) is 2.42. The molecule has 108 valence electrons. The van der Waals surface area contributed by atoms with Crippen molar-refractivity contribution in [1.29, 1.82) is 0 Å². The number of hydrogen-bond donors (Lipinski definition) is 1. The molecule has 1 saturated heterocycles. The van der Waals surface area contributed by atoms with E-state index < -0.39 is 0 Å². The molecule has 1 aliphatic heterocycles. The Balaban J connectivity index is 2.24. The molecule has 0 aromatic rings. The minimum atomic E-state index is -0.190. The summed E-state index contributed by atoms with van der Waals surface area (Å²) < 4.78 is 0. The van der Waals surface area contributed by atoms with E-state index in [1.54, 1.807) is 0 Å². The fourth-order valence-electron chi connectivity index (χ4n) is 2.42. The van der Waals surface area contributed by atoms with Crippen LogP contribution in [0.15, 0.2) is 0 Å². The highest BCUT2D eigenvalue weighted by Crippen LogP contribution is 2.22. The topological polar surface area (TPSA) is 26.7 Å². The summed E-state index contributed by atoms with van der Waals surface area (Å²) in [5.41, 5.74) is 0.0124. The summed E-state index contributed by atoms with van der Waals surface area (Å²) in [6.07, 6.45) is 1.94. The summed E-state index contributed by atoms with van der Waals surface area (Å²) in [7, 11) is 0. The Morgan fingerprint density at radius 3 is 2.11 bits per heavy atom. The lowest BCUT2D eigenvalue weighted by Gasteiger charge is -2.38. The molecular formula is C15H32N2O. The molecule has 3 nitrogen and oxygen atoms in total. The number of aliphatic hydroxyl groups excluding tert-OH is 1. The molecule has 0 aromatic heterocycles. The van der Waals surface area contributed by atoms with Crippen LogP contribution in [0.1, 0.15) is 47.5 Å². The zero-order chi connectivity index (χ0) is 13.8. The van der Waals surface area contributed by atoms with Crippen molar-refractivity contribution in [3.8, 4) is 0 Å². The maximum atomic E-state index is 10.1. The maximum absolute atomic E-state index is 10.1. The van der Waals surface area contributed by atoms with Crippen molar-refractivity contribution in [2.75, 3.05) is 32.7 Å². The van der Waals surface area contributed by atoms with Gasteiger partial charge in [-0.3, -0.25) is 4.90 Å². The number of piperazine rings is 1. The third kappa shape index (κ3) is 4.87. The van der Waals surface area contributed by atoms with Gasteiger partial charge in [0.2, 0.25) is 0 Å². The van der Waals surface area contributed by atoms with E-state index in [1.165, 1.54) is 19.5 Å². The summed E-state index contributed by atoms with van der Waals surface area (Å²) in [4.78, 5) is 5.07. The third-order valence-electron chi connectivity index (χ3n) is 4.34. The van der Waals surface area contributed by atoms with Crippen molar-refractivity contribution >= 4 is 0 Å². The van der Waals surface area contributed by atoms with Gasteiger partial charge in [-0.05, 0) is 25.2 Å². The minimum Gasteiger partial charge on any atom is -0.393 e. The Morgan fingerprint density at radius 1 is 1.11 bits per heavy atom. The van der Waals surface area contributed by atoms with E-state index in [0.29, 0.717) is 6.04 Å². The van der Waals surface area contributed by atoms with Gasteiger partial charge in [0.1, 0.15) is 0 Å². The van der Waals surface area contributed by atoms with E-state index in [1.807, 2.05) is 0 Å². The lowest BCUT2D eigenvalue weighted by molar-refractivity contribution is 0.0350. The second-order valence-corrected chi connectivity index (χ2v) is 6.81. The van der Waals surface area contributed by atoms with Gasteiger partial charge in [-0.1, -0.05) is 27.7 Å². The van der Waals surface area contributed by atoms with Gasteiger partial charge in [-0.2, -0.15) is 0 Å². The number of hydrogen-bond acceptors (Lipinski definition) is 3. The summed E-state index contributed by atoms with van der Waals surface area (Å²) in [5.74, 6) is 0. The van der Waals surface area contributed by atoms with Gasteiger partial charge >= 0.3 is 0 Å². The van der Waals surface area contributed by atoms with Crippen LogP contribution in [-0.2, 0) is 0 Å².